The summed E-state index contributed by atoms with van der Waals surface area (Å²) >= 11 is 0. The summed E-state index contributed by atoms with van der Waals surface area (Å²) in [5.74, 6) is 154. The third kappa shape index (κ3) is 48.1. The Morgan fingerprint density at radius 1 is 0.0781 bits per heavy atom. The van der Waals surface area contributed by atoms with Gasteiger partial charge in [0.2, 0.25) is 0 Å². The molecule has 0 saturated heterocycles. The van der Waals surface area contributed by atoms with E-state index in [0.717, 1.165) is 0 Å². The van der Waals surface area contributed by atoms with Gasteiger partial charge in [0.05, 0.1) is 0 Å². The molecule has 0 aliphatic carbocycles. The van der Waals surface area contributed by atoms with Gasteiger partial charge in [0.15, 0.2) is 0 Å². The quantitative estimate of drug-likeness (QED) is 0.253. The van der Waals surface area contributed by atoms with Crippen LogP contribution < -0.4 is 0 Å². The molecule has 0 aromatic rings. The molecule has 0 aromatic carbocycles. The molecule has 0 fully saturated rings. The maximum atomic E-state index is 3.31. The van der Waals surface area contributed by atoms with Gasteiger partial charge in [-0.15, -0.1) is 11.8 Å². The van der Waals surface area contributed by atoms with Crippen LogP contribution in [0, 0.1) is 381 Å². The van der Waals surface area contributed by atoms with Gasteiger partial charge in [-0.05, 0) is 94.7 Å². The van der Waals surface area contributed by atoms with Crippen LogP contribution in [-0.4, -0.2) is 0 Å². The highest BCUT2D eigenvalue weighted by Crippen LogP contribution is 1.63. The van der Waals surface area contributed by atoms with E-state index >= 15 is 0 Å². The zero-order chi connectivity index (χ0) is 45.8. The molecule has 0 nitrogen and oxygen atoms in total. The normalized spacial score (nSPS) is 3.94. The first-order valence-electron chi connectivity index (χ1n) is 16.0. The fourth-order valence-corrected chi connectivity index (χ4v) is 1.90. The third-order valence-electron chi connectivity index (χ3n) is 3.86. The summed E-state index contributed by atoms with van der Waals surface area (Å²) in [4.78, 5) is 0. The first kappa shape index (κ1) is 50.1. The van der Waals surface area contributed by atoms with Crippen LogP contribution in [0.15, 0.2) is 0 Å². The molecule has 0 heterocycles. The van der Waals surface area contributed by atoms with Crippen molar-refractivity contribution in [2.45, 2.75) is 0 Å². The largest absolute Gasteiger partial charge is 0.284 e. The van der Waals surface area contributed by atoms with Gasteiger partial charge in [0.1, 0.15) is 0 Å². The van der Waals surface area contributed by atoms with Crippen molar-refractivity contribution in [3.05, 3.63) is 13.8 Å². The summed E-state index contributed by atoms with van der Waals surface area (Å²) in [6.45, 7) is 6.63. The van der Waals surface area contributed by atoms with Crippen LogP contribution in [0.25, 0.3) is 0 Å². The van der Waals surface area contributed by atoms with Gasteiger partial charge in [-0.3, -0.25) is 11.8 Å². The summed E-state index contributed by atoms with van der Waals surface area (Å²) in [5, 5.41) is 0. The van der Waals surface area contributed by atoms with Crippen LogP contribution in [0.1, 0.15) is 0 Å². The molecule has 0 aliphatic heterocycles. The van der Waals surface area contributed by atoms with Crippen molar-refractivity contribution in [3.8, 4) is 367 Å². The molecule has 0 radical (unpaired) electrons. The Kier molecular flexibility index (Phi) is 38.4. The zero-order valence-corrected chi connectivity index (χ0v) is 32.4. The average Bonchev–Trinajstić information content (AvgIpc) is 3.31. The topological polar surface area (TPSA) is 0 Å². The fraction of sp³-hybridized carbons (Fsp3) is 0. The van der Waals surface area contributed by atoms with Gasteiger partial charge in [0, 0.05) is 237 Å². The fourth-order valence-electron chi connectivity index (χ4n) is 1.90. The molecule has 0 amide bonds. The Labute approximate surface area is 379 Å². The smallest absolute Gasteiger partial charge is 0 e. The Bertz CT molecular complexity index is 3820. The van der Waals surface area contributed by atoms with Crippen molar-refractivity contribution in [2.24, 2.45) is 0 Å². The van der Waals surface area contributed by atoms with E-state index in [1.54, 1.807) is 0 Å². The summed E-state index contributed by atoms with van der Waals surface area (Å²) < 4.78 is 0. The van der Waals surface area contributed by atoms with Gasteiger partial charge < -0.3 is 0 Å². The summed E-state index contributed by atoms with van der Waals surface area (Å²) in [6.07, 6.45) is 0. The van der Waals surface area contributed by atoms with Gasteiger partial charge in [0.25, 0.3) is 0 Å². The maximum Gasteiger partial charge on any atom is 0 e. The highest BCUT2D eigenvalue weighted by atomic mass is 13.6. The summed E-state index contributed by atoms with van der Waals surface area (Å²) in [5.41, 5.74) is 0. The molecule has 0 N–H and O–H groups in total. The Hall–Kier alpha value is -13.9. The Balaban J connectivity index is 4.59. The molecule has 0 bridgehead atoms. The minimum atomic E-state index is 2.37. The lowest BCUT2D eigenvalue weighted by Crippen LogP contribution is -1.57. The lowest BCUT2D eigenvalue weighted by atomic mass is 10.4. The van der Waals surface area contributed by atoms with Crippen LogP contribution in [-0.2, 0) is 0 Å². The van der Waals surface area contributed by atoms with E-state index in [0.29, 0.717) is 0 Å². The number of hydrogen-bond acceptors (Lipinski definition) is 0. The Morgan fingerprint density at radius 2 is 0.125 bits per heavy atom. The first-order valence-corrected chi connectivity index (χ1v) is 16.0. The molecule has 0 heteroatoms. The minimum absolute atomic E-state index is 2.37. The predicted octanol–water partition coefficient (Wildman–Crippen LogP) is 0.760. The summed E-state index contributed by atoms with van der Waals surface area (Å²) in [7, 11) is 0. The van der Waals surface area contributed by atoms with E-state index in [4.69, 9.17) is 0 Å². The van der Waals surface area contributed by atoms with Crippen molar-refractivity contribution < 1.29 is 0 Å². The van der Waals surface area contributed by atoms with Gasteiger partial charge in [-0.2, -0.15) is 13.8 Å². The standard InChI is InChI=1S/C64H4/c1-3-5-7-9-11-13-15-17-19-21-23-25-27-29-31-33-35-37-39-41-43-45-47-49-51-53-55-57-59-61-63-64-62-60-58-56-54-52-50-48-46-44-42-40-38-36-34-32-30-28-26-24-22-20-18-16-14-12-10-8-6-4-2/h1-2H2/q-2. The molecular weight excluding hydrogens is 769 g/mol. The lowest BCUT2D eigenvalue weighted by molar-refractivity contribution is 2.31. The van der Waals surface area contributed by atoms with E-state index < -0.39 is 0 Å². The molecule has 0 atom stereocenters. The van der Waals surface area contributed by atoms with Crippen molar-refractivity contribution in [1.29, 1.82) is 0 Å². The second kappa shape index (κ2) is 49.1. The molecule has 0 spiro atoms. The van der Waals surface area contributed by atoms with Gasteiger partial charge >= 0.3 is 0 Å². The average molecular weight is 773 g/mol. The van der Waals surface area contributed by atoms with E-state index in [9.17, 15) is 0 Å². The molecule has 262 valence electrons. The summed E-state index contributed by atoms with van der Waals surface area (Å²) in [6, 6.07) is 0. The van der Waals surface area contributed by atoms with E-state index in [1.807, 2.05) is 0 Å². The van der Waals surface area contributed by atoms with Gasteiger partial charge in [-0.1, -0.05) is 0 Å². The van der Waals surface area contributed by atoms with Crippen molar-refractivity contribution >= 4 is 0 Å². The minimum Gasteiger partial charge on any atom is -0.284 e. The highest BCUT2D eigenvalue weighted by Gasteiger charge is 1.63. The third-order valence-corrected chi connectivity index (χ3v) is 3.86. The first-order chi connectivity index (χ1) is 31.9. The second-order valence-corrected chi connectivity index (χ2v) is 7.85. The maximum absolute atomic E-state index is 3.31. The molecule has 0 rings (SSSR count). The predicted molar refractivity (Wildman–Crippen MR) is 252 cm³/mol. The lowest BCUT2D eigenvalue weighted by Gasteiger charge is -1.64. The molecular formula is C64H4-2. The highest BCUT2D eigenvalue weighted by molar-refractivity contribution is 5.52. The monoisotopic (exact) mass is 772 g/mol. The number of rotatable bonds is 0. The van der Waals surface area contributed by atoms with E-state index in [1.165, 1.54) is 0 Å². The van der Waals surface area contributed by atoms with Crippen molar-refractivity contribution in [2.75, 3.05) is 0 Å². The van der Waals surface area contributed by atoms with Crippen LogP contribution in [0.2, 0.25) is 0 Å². The van der Waals surface area contributed by atoms with E-state index in [2.05, 4.69) is 381 Å². The molecule has 64 heavy (non-hydrogen) atoms. The van der Waals surface area contributed by atoms with Crippen molar-refractivity contribution in [3.63, 3.8) is 0 Å². The van der Waals surface area contributed by atoms with Crippen molar-refractivity contribution in [1.82, 2.24) is 0 Å². The van der Waals surface area contributed by atoms with Crippen LogP contribution in [0.5, 0.6) is 0 Å². The SMILES string of the molecule is [CH2-]C#CC#CC#CC#CC#CC#CC#CC#CC#CC#CC#CC#CC#CC#CC#CC#CC#CC#CC#CC#CC#CC#CC#CC#CC#CC#CC#CC#CC#CC#CC#C[CH2-]. The van der Waals surface area contributed by atoms with Crippen LogP contribution >= 0.6 is 0 Å². The number of hydrogen-bond donors (Lipinski definition) is 0. The second-order valence-electron chi connectivity index (χ2n) is 7.85. The zero-order valence-electron chi connectivity index (χ0n) is 32.4. The van der Waals surface area contributed by atoms with Crippen LogP contribution in [0.3, 0.4) is 0 Å². The van der Waals surface area contributed by atoms with E-state index in [-0.39, 0.29) is 0 Å². The molecule has 0 aliphatic rings. The molecule has 0 aromatic heterocycles. The van der Waals surface area contributed by atoms with Gasteiger partial charge in [-0.25, -0.2) is 11.8 Å². The molecule has 0 unspecified atom stereocenters. The Morgan fingerprint density at radius 3 is 0.172 bits per heavy atom. The molecule has 0 saturated carbocycles. The van der Waals surface area contributed by atoms with Crippen LogP contribution in [0.4, 0.5) is 0 Å².